The number of amides is 1. The highest BCUT2D eigenvalue weighted by atomic mass is 32.2. The van der Waals surface area contributed by atoms with Gasteiger partial charge in [0.05, 0.1) is 5.69 Å². The fourth-order valence-electron chi connectivity index (χ4n) is 2.18. The van der Waals surface area contributed by atoms with Crippen molar-refractivity contribution in [2.24, 2.45) is 11.8 Å². The highest BCUT2D eigenvalue weighted by Crippen LogP contribution is 2.38. The van der Waals surface area contributed by atoms with E-state index in [9.17, 15) is 13.2 Å². The van der Waals surface area contributed by atoms with Crippen LogP contribution >= 0.6 is 0 Å². The minimum atomic E-state index is -3.68. The topological polar surface area (TPSA) is 75.3 Å². The lowest BCUT2D eigenvalue weighted by Gasteiger charge is -2.21. The molecule has 1 aromatic carbocycles. The molecular formula is C15H22N2O3S. The van der Waals surface area contributed by atoms with Gasteiger partial charge in [0.15, 0.2) is 0 Å². The van der Waals surface area contributed by atoms with Crippen molar-refractivity contribution >= 4 is 21.6 Å². The van der Waals surface area contributed by atoms with Gasteiger partial charge in [-0.25, -0.2) is 13.1 Å². The minimum absolute atomic E-state index is 0.00339. The third-order valence-electron chi connectivity index (χ3n) is 3.32. The van der Waals surface area contributed by atoms with Crippen molar-refractivity contribution in [1.82, 2.24) is 4.72 Å². The maximum Gasteiger partial charge on any atom is 0.243 e. The summed E-state index contributed by atoms with van der Waals surface area (Å²) < 4.78 is 27.5. The van der Waals surface area contributed by atoms with Crippen LogP contribution < -0.4 is 10.0 Å². The van der Waals surface area contributed by atoms with E-state index in [0.717, 1.165) is 6.42 Å². The largest absolute Gasteiger partial charge is 0.325 e. The summed E-state index contributed by atoms with van der Waals surface area (Å²) in [5.74, 6) is 0.263. The Kier molecular flexibility index (Phi) is 4.13. The highest BCUT2D eigenvalue weighted by molar-refractivity contribution is 7.89. The molecule has 1 amide bonds. The van der Waals surface area contributed by atoms with E-state index in [0.29, 0.717) is 11.6 Å². The van der Waals surface area contributed by atoms with Gasteiger partial charge in [0, 0.05) is 11.5 Å². The maximum atomic E-state index is 12.4. The van der Waals surface area contributed by atoms with Crippen LogP contribution in [0.25, 0.3) is 0 Å². The number of nitrogens with one attached hydrogen (secondary N) is 2. The van der Waals surface area contributed by atoms with E-state index in [4.69, 9.17) is 0 Å². The number of rotatable bonds is 4. The molecule has 0 bridgehead atoms. The molecule has 1 aliphatic carbocycles. The normalized spacial score (nSPS) is 21.9. The van der Waals surface area contributed by atoms with Crippen LogP contribution in [0.5, 0.6) is 0 Å². The van der Waals surface area contributed by atoms with Gasteiger partial charge in [-0.2, -0.15) is 0 Å². The summed E-state index contributed by atoms with van der Waals surface area (Å²) >= 11 is 0. The van der Waals surface area contributed by atoms with Crippen molar-refractivity contribution in [3.8, 4) is 0 Å². The molecule has 0 aromatic heterocycles. The van der Waals surface area contributed by atoms with E-state index in [1.165, 1.54) is 6.07 Å². The van der Waals surface area contributed by atoms with Crippen molar-refractivity contribution in [3.05, 3.63) is 24.3 Å². The Hall–Kier alpha value is -1.40. The van der Waals surface area contributed by atoms with E-state index in [1.54, 1.807) is 39.0 Å². The fourth-order valence-corrected chi connectivity index (χ4v) is 3.76. The second kappa shape index (κ2) is 5.42. The lowest BCUT2D eigenvalue weighted by atomic mass is 10.1. The molecule has 2 atom stereocenters. The van der Waals surface area contributed by atoms with E-state index in [2.05, 4.69) is 10.0 Å². The smallest absolute Gasteiger partial charge is 0.243 e. The third kappa shape index (κ3) is 4.04. The van der Waals surface area contributed by atoms with Gasteiger partial charge < -0.3 is 5.32 Å². The number of benzene rings is 1. The van der Waals surface area contributed by atoms with Crippen LogP contribution in [0.1, 0.15) is 34.1 Å². The molecule has 0 unspecified atom stereocenters. The first-order valence-corrected chi connectivity index (χ1v) is 8.52. The van der Waals surface area contributed by atoms with Crippen LogP contribution in [-0.4, -0.2) is 19.9 Å². The van der Waals surface area contributed by atoms with Crippen LogP contribution in [0.3, 0.4) is 0 Å². The second-order valence-electron chi connectivity index (χ2n) is 6.66. The molecule has 116 valence electrons. The predicted octanol–water partition coefficient (Wildman–Crippen LogP) is 2.36. The van der Waals surface area contributed by atoms with E-state index in [1.807, 2.05) is 6.92 Å². The number of sulfonamides is 1. The summed E-state index contributed by atoms with van der Waals surface area (Å²) in [4.78, 5) is 12.1. The van der Waals surface area contributed by atoms with Crippen molar-refractivity contribution in [1.29, 1.82) is 0 Å². The molecule has 0 spiro atoms. The van der Waals surface area contributed by atoms with Crippen LogP contribution in [0.4, 0.5) is 5.69 Å². The van der Waals surface area contributed by atoms with Crippen molar-refractivity contribution < 1.29 is 13.2 Å². The summed E-state index contributed by atoms with van der Waals surface area (Å²) in [6.07, 6.45) is 0.862. The number of carbonyl (C=O) groups is 1. The zero-order valence-corrected chi connectivity index (χ0v) is 13.6. The maximum absolute atomic E-state index is 12.4. The van der Waals surface area contributed by atoms with E-state index >= 15 is 0 Å². The van der Waals surface area contributed by atoms with Gasteiger partial charge in [-0.3, -0.25) is 4.79 Å². The number of carbonyl (C=O) groups excluding carboxylic acids is 1. The van der Waals surface area contributed by atoms with Gasteiger partial charge >= 0.3 is 0 Å². The summed E-state index contributed by atoms with van der Waals surface area (Å²) in [6, 6.07) is 6.47. The van der Waals surface area contributed by atoms with Gasteiger partial charge in [0.25, 0.3) is 0 Å². The van der Waals surface area contributed by atoms with Gasteiger partial charge in [-0.1, -0.05) is 19.1 Å². The van der Waals surface area contributed by atoms with Crippen LogP contribution in [0, 0.1) is 11.8 Å². The minimum Gasteiger partial charge on any atom is -0.325 e. The number of para-hydroxylation sites is 1. The first-order chi connectivity index (χ1) is 9.60. The average Bonchev–Trinajstić information content (AvgIpc) is 3.04. The van der Waals surface area contributed by atoms with Crippen LogP contribution in [0.15, 0.2) is 29.2 Å². The molecule has 21 heavy (non-hydrogen) atoms. The second-order valence-corrected chi connectivity index (χ2v) is 8.31. The number of hydrogen-bond donors (Lipinski definition) is 2. The Labute approximate surface area is 126 Å². The monoisotopic (exact) mass is 310 g/mol. The highest BCUT2D eigenvalue weighted by Gasteiger charge is 2.39. The van der Waals surface area contributed by atoms with Crippen LogP contribution in [0.2, 0.25) is 0 Å². The molecule has 1 aliphatic rings. The van der Waals surface area contributed by atoms with E-state index < -0.39 is 15.6 Å². The lowest BCUT2D eigenvalue weighted by Crippen LogP contribution is -2.40. The molecule has 0 aliphatic heterocycles. The Morgan fingerprint density at radius 3 is 2.33 bits per heavy atom. The molecule has 1 saturated carbocycles. The number of hydrogen-bond acceptors (Lipinski definition) is 3. The molecule has 6 heteroatoms. The first-order valence-electron chi connectivity index (χ1n) is 7.04. The van der Waals surface area contributed by atoms with Gasteiger partial charge in [0.1, 0.15) is 4.90 Å². The molecular weight excluding hydrogens is 288 g/mol. The van der Waals surface area contributed by atoms with E-state index in [-0.39, 0.29) is 16.7 Å². The summed E-state index contributed by atoms with van der Waals surface area (Å²) in [6.45, 7) is 7.33. The quantitative estimate of drug-likeness (QED) is 0.896. The first kappa shape index (κ1) is 16.0. The van der Waals surface area contributed by atoms with Gasteiger partial charge in [0.2, 0.25) is 15.9 Å². The van der Waals surface area contributed by atoms with Crippen molar-refractivity contribution in [2.75, 3.05) is 5.32 Å². The molecule has 0 heterocycles. The summed E-state index contributed by atoms with van der Waals surface area (Å²) in [7, 11) is -3.68. The standard InChI is InChI=1S/C15H22N2O3S/c1-10-9-11(10)14(18)16-12-7-5-6-8-13(12)21(19,20)17-15(2,3)4/h5-8,10-11,17H,9H2,1-4H3,(H,16,18)/t10-,11-/m1/s1. The average molecular weight is 310 g/mol. The Morgan fingerprint density at radius 1 is 1.24 bits per heavy atom. The molecule has 1 fully saturated rings. The molecule has 0 saturated heterocycles. The Bertz CT molecular complexity index is 647. The SMILES string of the molecule is C[C@@H]1C[C@H]1C(=O)Nc1ccccc1S(=O)(=O)NC(C)(C)C. The summed E-state index contributed by atoms with van der Waals surface area (Å²) in [5.41, 5.74) is -0.251. The molecule has 1 aromatic rings. The third-order valence-corrected chi connectivity index (χ3v) is 5.14. The molecule has 2 N–H and O–H groups in total. The summed E-state index contributed by atoms with van der Waals surface area (Å²) in [5, 5.41) is 2.74. The van der Waals surface area contributed by atoms with Crippen molar-refractivity contribution in [2.45, 2.75) is 44.6 Å². The zero-order valence-electron chi connectivity index (χ0n) is 12.8. The Balaban J connectivity index is 2.26. The van der Waals surface area contributed by atoms with Gasteiger partial charge in [-0.15, -0.1) is 0 Å². The fraction of sp³-hybridized carbons (Fsp3) is 0.533. The number of anilines is 1. The zero-order chi connectivity index (χ0) is 15.8. The predicted molar refractivity (Wildman–Crippen MR) is 82.4 cm³/mol. The Morgan fingerprint density at radius 2 is 1.81 bits per heavy atom. The molecule has 0 radical (unpaired) electrons. The van der Waals surface area contributed by atoms with Crippen LogP contribution in [-0.2, 0) is 14.8 Å². The molecule has 5 nitrogen and oxygen atoms in total. The molecule has 2 rings (SSSR count). The van der Waals surface area contributed by atoms with Gasteiger partial charge in [-0.05, 0) is 45.2 Å². The lowest BCUT2D eigenvalue weighted by molar-refractivity contribution is -0.117. The van der Waals surface area contributed by atoms with Crippen molar-refractivity contribution in [3.63, 3.8) is 0 Å².